The number of nitrogens with one attached hydrogen (secondary N) is 1. The minimum absolute atomic E-state index is 0.287. The van der Waals surface area contributed by atoms with Crippen LogP contribution < -0.4 is 11.1 Å². The van der Waals surface area contributed by atoms with Gasteiger partial charge in [-0.15, -0.1) is 0 Å². The fourth-order valence-corrected chi connectivity index (χ4v) is 3.47. The zero-order valence-corrected chi connectivity index (χ0v) is 17.3. The molecule has 0 aliphatic heterocycles. The highest BCUT2D eigenvalue weighted by Gasteiger charge is 2.19. The van der Waals surface area contributed by atoms with Crippen molar-refractivity contribution in [3.05, 3.63) is 101 Å². The van der Waals surface area contributed by atoms with Gasteiger partial charge in [0.15, 0.2) is 0 Å². The van der Waals surface area contributed by atoms with Crippen LogP contribution in [0.3, 0.4) is 0 Å². The standard InChI is InChI=1S/C25H22N4O2/c1-16-7-6-8-18(13-16)23-22(15-29(28-23)20-9-4-3-5-10-20)25(31)27-19-11-12-21(24(26)30)17(2)14-19/h3-15H,1-2H3,(H2,26,30)(H,27,31). The molecule has 0 bridgehead atoms. The Bertz CT molecular complexity index is 1280. The summed E-state index contributed by atoms with van der Waals surface area (Å²) in [6, 6.07) is 22.5. The third-order valence-electron chi connectivity index (χ3n) is 5.02. The molecule has 0 atom stereocenters. The maximum absolute atomic E-state index is 13.2. The van der Waals surface area contributed by atoms with E-state index in [1.165, 1.54) is 0 Å². The molecular formula is C25H22N4O2. The molecule has 154 valence electrons. The normalized spacial score (nSPS) is 10.6. The number of hydrogen-bond acceptors (Lipinski definition) is 3. The molecule has 0 saturated heterocycles. The van der Waals surface area contributed by atoms with Crippen LogP contribution >= 0.6 is 0 Å². The topological polar surface area (TPSA) is 90.0 Å². The Morgan fingerprint density at radius 2 is 1.68 bits per heavy atom. The summed E-state index contributed by atoms with van der Waals surface area (Å²) in [4.78, 5) is 24.7. The van der Waals surface area contributed by atoms with Crippen LogP contribution in [-0.2, 0) is 0 Å². The number of aryl methyl sites for hydroxylation is 2. The van der Waals surface area contributed by atoms with Gasteiger partial charge in [-0.3, -0.25) is 9.59 Å². The highest BCUT2D eigenvalue weighted by molar-refractivity contribution is 6.08. The Morgan fingerprint density at radius 3 is 2.35 bits per heavy atom. The van der Waals surface area contributed by atoms with E-state index < -0.39 is 5.91 Å². The molecule has 0 radical (unpaired) electrons. The molecule has 1 aromatic heterocycles. The third kappa shape index (κ3) is 4.23. The number of aromatic nitrogens is 2. The quantitative estimate of drug-likeness (QED) is 0.507. The van der Waals surface area contributed by atoms with Crippen molar-refractivity contribution in [3.63, 3.8) is 0 Å². The first-order valence-corrected chi connectivity index (χ1v) is 9.86. The second kappa shape index (κ2) is 8.28. The highest BCUT2D eigenvalue weighted by Crippen LogP contribution is 2.26. The SMILES string of the molecule is Cc1cccc(-c2nn(-c3ccccc3)cc2C(=O)Nc2ccc(C(N)=O)c(C)c2)c1. The predicted octanol–water partition coefficient (Wildman–Crippen LogP) is 4.51. The Morgan fingerprint density at radius 1 is 0.903 bits per heavy atom. The van der Waals surface area contributed by atoms with E-state index in [1.54, 1.807) is 36.0 Å². The van der Waals surface area contributed by atoms with Crippen LogP contribution in [0.4, 0.5) is 5.69 Å². The van der Waals surface area contributed by atoms with Crippen molar-refractivity contribution >= 4 is 17.5 Å². The van der Waals surface area contributed by atoms with Gasteiger partial charge >= 0.3 is 0 Å². The minimum Gasteiger partial charge on any atom is -0.366 e. The number of rotatable bonds is 5. The molecule has 0 spiro atoms. The zero-order chi connectivity index (χ0) is 22.0. The van der Waals surface area contributed by atoms with E-state index in [0.717, 1.165) is 16.8 Å². The number of benzene rings is 3. The Labute approximate surface area is 180 Å². The van der Waals surface area contributed by atoms with Crippen LogP contribution in [0.5, 0.6) is 0 Å². The van der Waals surface area contributed by atoms with Gasteiger partial charge in [0.1, 0.15) is 5.69 Å². The number of carbonyl (C=O) groups is 2. The molecule has 0 aliphatic carbocycles. The molecule has 0 fully saturated rings. The van der Waals surface area contributed by atoms with Crippen LogP contribution in [0.2, 0.25) is 0 Å². The van der Waals surface area contributed by atoms with Crippen molar-refractivity contribution in [2.24, 2.45) is 5.73 Å². The monoisotopic (exact) mass is 410 g/mol. The molecule has 0 aliphatic rings. The number of amides is 2. The van der Waals surface area contributed by atoms with Gasteiger partial charge in [0, 0.05) is 23.0 Å². The fraction of sp³-hybridized carbons (Fsp3) is 0.0800. The average molecular weight is 410 g/mol. The maximum atomic E-state index is 13.2. The second-order valence-corrected chi connectivity index (χ2v) is 7.39. The Balaban J connectivity index is 1.74. The highest BCUT2D eigenvalue weighted by atomic mass is 16.2. The number of hydrogen-bond donors (Lipinski definition) is 2. The molecule has 0 unspecified atom stereocenters. The van der Waals surface area contributed by atoms with E-state index in [0.29, 0.717) is 28.1 Å². The smallest absolute Gasteiger partial charge is 0.259 e. The summed E-state index contributed by atoms with van der Waals surface area (Å²) in [6.07, 6.45) is 1.73. The molecule has 4 aromatic rings. The molecule has 2 amide bonds. The number of para-hydroxylation sites is 1. The predicted molar refractivity (Wildman–Crippen MR) is 121 cm³/mol. The second-order valence-electron chi connectivity index (χ2n) is 7.39. The number of carbonyl (C=O) groups excluding carboxylic acids is 2. The molecule has 6 heteroatoms. The minimum atomic E-state index is -0.499. The first kappa shape index (κ1) is 20.1. The van der Waals surface area contributed by atoms with Gasteiger partial charge in [-0.05, 0) is 55.8 Å². The van der Waals surface area contributed by atoms with Gasteiger partial charge in [0.25, 0.3) is 5.91 Å². The van der Waals surface area contributed by atoms with Crippen LogP contribution in [0.25, 0.3) is 16.9 Å². The first-order valence-electron chi connectivity index (χ1n) is 9.86. The van der Waals surface area contributed by atoms with Crippen molar-refractivity contribution in [1.29, 1.82) is 0 Å². The van der Waals surface area contributed by atoms with Crippen LogP contribution in [0.15, 0.2) is 79.0 Å². The maximum Gasteiger partial charge on any atom is 0.259 e. The molecule has 31 heavy (non-hydrogen) atoms. The summed E-state index contributed by atoms with van der Waals surface area (Å²) in [6.45, 7) is 3.78. The number of nitrogens with two attached hydrogens (primary N) is 1. The summed E-state index contributed by atoms with van der Waals surface area (Å²) in [7, 11) is 0. The molecule has 1 heterocycles. The Hall–Kier alpha value is -4.19. The molecular weight excluding hydrogens is 388 g/mol. The number of primary amides is 1. The molecule has 0 saturated carbocycles. The van der Waals surface area contributed by atoms with Crippen molar-refractivity contribution < 1.29 is 9.59 Å². The van der Waals surface area contributed by atoms with Crippen LogP contribution in [-0.4, -0.2) is 21.6 Å². The van der Waals surface area contributed by atoms with Gasteiger partial charge in [0.05, 0.1) is 11.3 Å². The van der Waals surface area contributed by atoms with Gasteiger partial charge in [-0.25, -0.2) is 4.68 Å². The summed E-state index contributed by atoms with van der Waals surface area (Å²) < 4.78 is 1.70. The number of anilines is 1. The summed E-state index contributed by atoms with van der Waals surface area (Å²) in [5.41, 5.74) is 10.9. The zero-order valence-electron chi connectivity index (χ0n) is 17.3. The van der Waals surface area contributed by atoms with Gasteiger partial charge in [-0.1, -0.05) is 42.0 Å². The molecule has 3 aromatic carbocycles. The average Bonchev–Trinajstić information content (AvgIpc) is 3.20. The van der Waals surface area contributed by atoms with Crippen molar-refractivity contribution in [1.82, 2.24) is 9.78 Å². The first-order chi connectivity index (χ1) is 14.9. The van der Waals surface area contributed by atoms with E-state index >= 15 is 0 Å². The summed E-state index contributed by atoms with van der Waals surface area (Å²) >= 11 is 0. The van der Waals surface area contributed by atoms with Crippen molar-refractivity contribution in [3.8, 4) is 16.9 Å². The fourth-order valence-electron chi connectivity index (χ4n) is 3.47. The van der Waals surface area contributed by atoms with Crippen molar-refractivity contribution in [2.45, 2.75) is 13.8 Å². The van der Waals surface area contributed by atoms with E-state index in [9.17, 15) is 9.59 Å². The van der Waals surface area contributed by atoms with Gasteiger partial charge in [0.2, 0.25) is 5.91 Å². The van der Waals surface area contributed by atoms with E-state index in [-0.39, 0.29) is 5.91 Å². The Kier molecular flexibility index (Phi) is 5.37. The molecule has 4 rings (SSSR count). The lowest BCUT2D eigenvalue weighted by Gasteiger charge is -2.08. The lowest BCUT2D eigenvalue weighted by atomic mass is 10.0. The van der Waals surface area contributed by atoms with E-state index in [1.807, 2.05) is 61.5 Å². The van der Waals surface area contributed by atoms with Crippen LogP contribution in [0, 0.1) is 13.8 Å². The number of nitrogens with zero attached hydrogens (tertiary/aromatic N) is 2. The third-order valence-corrected chi connectivity index (χ3v) is 5.02. The largest absolute Gasteiger partial charge is 0.366 e. The van der Waals surface area contributed by atoms with Crippen LogP contribution in [0.1, 0.15) is 31.8 Å². The van der Waals surface area contributed by atoms with Crippen molar-refractivity contribution in [2.75, 3.05) is 5.32 Å². The lowest BCUT2D eigenvalue weighted by molar-refractivity contribution is 0.0997. The summed E-state index contributed by atoms with van der Waals surface area (Å²) in [5, 5.41) is 7.61. The lowest BCUT2D eigenvalue weighted by Crippen LogP contribution is -2.15. The van der Waals surface area contributed by atoms with E-state index in [4.69, 9.17) is 10.8 Å². The molecule has 3 N–H and O–H groups in total. The molecule has 6 nitrogen and oxygen atoms in total. The van der Waals surface area contributed by atoms with E-state index in [2.05, 4.69) is 5.32 Å². The van der Waals surface area contributed by atoms with Gasteiger partial charge < -0.3 is 11.1 Å². The summed E-state index contributed by atoms with van der Waals surface area (Å²) in [5.74, 6) is -0.786. The van der Waals surface area contributed by atoms with Gasteiger partial charge in [-0.2, -0.15) is 5.10 Å².